The summed E-state index contributed by atoms with van der Waals surface area (Å²) < 4.78 is 0. The lowest BCUT2D eigenvalue weighted by Crippen LogP contribution is -1.96. The Bertz CT molecular complexity index is 410. The first-order valence-corrected chi connectivity index (χ1v) is 4.50. The fraction of sp³-hybridized carbons (Fsp3) is 0.0833. The quantitative estimate of drug-likeness (QED) is 0.724. The van der Waals surface area contributed by atoms with Crippen LogP contribution in [0.1, 0.15) is 11.3 Å². The first-order chi connectivity index (χ1) is 6.86. The van der Waals surface area contributed by atoms with E-state index in [1.165, 1.54) is 0 Å². The highest BCUT2D eigenvalue weighted by Gasteiger charge is 1.99. The number of benzene rings is 1. The van der Waals surface area contributed by atoms with Gasteiger partial charge in [0, 0.05) is 24.0 Å². The molecule has 0 amide bonds. The fourth-order valence-corrected chi connectivity index (χ4v) is 1.33. The number of hydrogen-bond acceptors (Lipinski definition) is 2. The van der Waals surface area contributed by atoms with Crippen molar-refractivity contribution >= 4 is 5.69 Å². The predicted molar refractivity (Wildman–Crippen MR) is 56.7 cm³/mol. The molecule has 0 aliphatic rings. The van der Waals surface area contributed by atoms with Crippen LogP contribution < -0.4 is 5.73 Å². The van der Waals surface area contributed by atoms with Gasteiger partial charge in [-0.1, -0.05) is 18.2 Å². The summed E-state index contributed by atoms with van der Waals surface area (Å²) in [4.78, 5) is 4.25. The van der Waals surface area contributed by atoms with Crippen LogP contribution in [0.15, 0.2) is 42.6 Å². The summed E-state index contributed by atoms with van der Waals surface area (Å²) in [6, 6.07) is 14.5. The summed E-state index contributed by atoms with van der Waals surface area (Å²) in [6.45, 7) is 0. The molecule has 2 aromatic rings. The van der Waals surface area contributed by atoms with Crippen LogP contribution in [0.3, 0.4) is 0 Å². The van der Waals surface area contributed by atoms with Crippen molar-refractivity contribution in [2.24, 2.45) is 0 Å². The summed E-state index contributed by atoms with van der Waals surface area (Å²) in [6.07, 6.45) is 2.57. The number of rotatable bonds is 2. The highest BCUT2D eigenvalue weighted by Crippen LogP contribution is 2.13. The predicted octanol–water partition coefficient (Wildman–Crippen LogP) is 2.05. The number of pyridine rings is 1. The summed E-state index contributed by atoms with van der Waals surface area (Å²) in [5.74, 6) is 0. The maximum Gasteiger partial charge on any atom is 0.0448 e. The molecule has 2 nitrogen and oxygen atoms in total. The van der Waals surface area contributed by atoms with E-state index in [9.17, 15) is 0 Å². The van der Waals surface area contributed by atoms with E-state index in [-0.39, 0.29) is 0 Å². The van der Waals surface area contributed by atoms with E-state index in [0.717, 1.165) is 23.4 Å². The van der Waals surface area contributed by atoms with Crippen molar-refractivity contribution in [3.63, 3.8) is 0 Å². The number of nitrogens with two attached hydrogens (primary N) is 1. The summed E-state index contributed by atoms with van der Waals surface area (Å²) in [5, 5.41) is 0. The maximum absolute atomic E-state index is 5.81. The molecular weight excluding hydrogens is 172 g/mol. The largest absolute Gasteiger partial charge is 0.398 e. The van der Waals surface area contributed by atoms with E-state index >= 15 is 0 Å². The Morgan fingerprint density at radius 3 is 2.93 bits per heavy atom. The molecule has 14 heavy (non-hydrogen) atoms. The van der Waals surface area contributed by atoms with Gasteiger partial charge in [0.05, 0.1) is 0 Å². The molecule has 0 aliphatic heterocycles. The number of nitrogen functional groups attached to an aromatic ring is 1. The summed E-state index contributed by atoms with van der Waals surface area (Å²) in [5.41, 5.74) is 8.72. The van der Waals surface area contributed by atoms with Crippen molar-refractivity contribution in [2.75, 3.05) is 5.73 Å². The minimum atomic E-state index is 0.776. The molecule has 1 radical (unpaired) electrons. The van der Waals surface area contributed by atoms with Crippen molar-refractivity contribution in [1.29, 1.82) is 0 Å². The standard InChI is InChI=1S/C12H11N2/c13-12-7-2-1-5-10(12)9-11-6-3-4-8-14-11/h1,3-8H,9,13H2. The SMILES string of the molecule is Nc1c[c]ccc1Cc1ccccn1. The zero-order valence-electron chi connectivity index (χ0n) is 7.77. The zero-order valence-corrected chi connectivity index (χ0v) is 7.77. The minimum absolute atomic E-state index is 0.776. The Balaban J connectivity index is 2.24. The Labute approximate surface area is 83.4 Å². The van der Waals surface area contributed by atoms with Crippen LogP contribution in [-0.2, 0) is 6.42 Å². The van der Waals surface area contributed by atoms with Gasteiger partial charge in [-0.2, -0.15) is 0 Å². The van der Waals surface area contributed by atoms with Gasteiger partial charge >= 0.3 is 0 Å². The summed E-state index contributed by atoms with van der Waals surface area (Å²) in [7, 11) is 0. The second-order valence-electron chi connectivity index (χ2n) is 3.12. The first-order valence-electron chi connectivity index (χ1n) is 4.50. The van der Waals surface area contributed by atoms with Crippen LogP contribution >= 0.6 is 0 Å². The third-order valence-electron chi connectivity index (χ3n) is 2.09. The molecule has 0 unspecified atom stereocenters. The highest BCUT2D eigenvalue weighted by molar-refractivity contribution is 5.47. The molecule has 0 atom stereocenters. The molecule has 1 aromatic heterocycles. The topological polar surface area (TPSA) is 38.9 Å². The number of hydrogen-bond donors (Lipinski definition) is 1. The van der Waals surface area contributed by atoms with Crippen LogP contribution in [-0.4, -0.2) is 4.98 Å². The molecule has 0 saturated heterocycles. The van der Waals surface area contributed by atoms with Gasteiger partial charge in [0.15, 0.2) is 0 Å². The van der Waals surface area contributed by atoms with Crippen molar-refractivity contribution in [3.8, 4) is 0 Å². The molecule has 0 aliphatic carbocycles. The lowest BCUT2D eigenvalue weighted by molar-refractivity contribution is 1.08. The summed E-state index contributed by atoms with van der Waals surface area (Å²) >= 11 is 0. The Hall–Kier alpha value is -1.83. The number of nitrogens with zero attached hydrogens (tertiary/aromatic N) is 1. The van der Waals surface area contributed by atoms with Crippen molar-refractivity contribution in [2.45, 2.75) is 6.42 Å². The third kappa shape index (κ3) is 1.91. The normalized spacial score (nSPS) is 10.0. The fourth-order valence-electron chi connectivity index (χ4n) is 1.33. The van der Waals surface area contributed by atoms with E-state index < -0.39 is 0 Å². The van der Waals surface area contributed by atoms with Crippen molar-refractivity contribution in [3.05, 3.63) is 59.9 Å². The lowest BCUT2D eigenvalue weighted by atomic mass is 10.1. The van der Waals surface area contributed by atoms with Crippen LogP contribution in [0.4, 0.5) is 5.69 Å². The lowest BCUT2D eigenvalue weighted by Gasteiger charge is -2.03. The average molecular weight is 183 g/mol. The molecule has 0 fully saturated rings. The number of anilines is 1. The van der Waals surface area contributed by atoms with Gasteiger partial charge in [0.25, 0.3) is 0 Å². The number of aromatic nitrogens is 1. The van der Waals surface area contributed by atoms with Gasteiger partial charge in [-0.15, -0.1) is 0 Å². The monoisotopic (exact) mass is 183 g/mol. The van der Waals surface area contributed by atoms with Crippen LogP contribution in [0.25, 0.3) is 0 Å². The molecule has 2 heteroatoms. The third-order valence-corrected chi connectivity index (χ3v) is 2.09. The highest BCUT2D eigenvalue weighted by atomic mass is 14.7. The molecule has 69 valence electrons. The molecule has 0 saturated carbocycles. The van der Waals surface area contributed by atoms with E-state index in [1.54, 1.807) is 12.3 Å². The first kappa shape index (κ1) is 8.75. The van der Waals surface area contributed by atoms with E-state index in [1.807, 2.05) is 30.3 Å². The van der Waals surface area contributed by atoms with Gasteiger partial charge in [0.2, 0.25) is 0 Å². The van der Waals surface area contributed by atoms with Gasteiger partial charge in [0.1, 0.15) is 0 Å². The Morgan fingerprint density at radius 1 is 1.29 bits per heavy atom. The molecule has 0 spiro atoms. The second-order valence-corrected chi connectivity index (χ2v) is 3.12. The smallest absolute Gasteiger partial charge is 0.0448 e. The Morgan fingerprint density at radius 2 is 2.21 bits per heavy atom. The van der Waals surface area contributed by atoms with Crippen molar-refractivity contribution < 1.29 is 0 Å². The van der Waals surface area contributed by atoms with Gasteiger partial charge in [-0.05, 0) is 29.8 Å². The van der Waals surface area contributed by atoms with Crippen LogP contribution in [0.5, 0.6) is 0 Å². The van der Waals surface area contributed by atoms with Gasteiger partial charge < -0.3 is 5.73 Å². The molecule has 1 heterocycles. The van der Waals surface area contributed by atoms with Crippen LogP contribution in [0.2, 0.25) is 0 Å². The molecular formula is C12H11N2. The van der Waals surface area contributed by atoms with E-state index in [4.69, 9.17) is 5.73 Å². The average Bonchev–Trinajstić information content (AvgIpc) is 2.23. The van der Waals surface area contributed by atoms with E-state index in [0.29, 0.717) is 0 Å². The Kier molecular flexibility index (Phi) is 2.45. The molecule has 0 bridgehead atoms. The molecule has 1 aromatic carbocycles. The van der Waals surface area contributed by atoms with Crippen LogP contribution in [0, 0.1) is 6.07 Å². The molecule has 2 rings (SSSR count). The zero-order chi connectivity index (χ0) is 9.80. The van der Waals surface area contributed by atoms with Gasteiger partial charge in [-0.3, -0.25) is 4.98 Å². The van der Waals surface area contributed by atoms with E-state index in [2.05, 4.69) is 11.1 Å². The van der Waals surface area contributed by atoms with Crippen molar-refractivity contribution in [1.82, 2.24) is 4.98 Å². The maximum atomic E-state index is 5.81. The molecule has 2 N–H and O–H groups in total. The minimum Gasteiger partial charge on any atom is -0.398 e. The van der Waals surface area contributed by atoms with Gasteiger partial charge in [-0.25, -0.2) is 0 Å². The second kappa shape index (κ2) is 3.92.